The first-order chi connectivity index (χ1) is 27.5. The van der Waals surface area contributed by atoms with Crippen LogP contribution in [0.3, 0.4) is 0 Å². The average Bonchev–Trinajstić information content (AvgIpc) is 3.10. The quantitative estimate of drug-likeness (QED) is 0.122. The molecule has 296 valence electrons. The van der Waals surface area contributed by atoms with Crippen LogP contribution in [-0.4, -0.2) is 41.6 Å². The van der Waals surface area contributed by atoms with E-state index in [4.69, 9.17) is 37.6 Å². The molecule has 0 amide bonds. The number of benzene rings is 4. The molecule has 0 radical (unpaired) electrons. The topological polar surface area (TPSA) is 214 Å². The fourth-order valence-electron chi connectivity index (χ4n) is 6.34. The van der Waals surface area contributed by atoms with Gasteiger partial charge in [0.05, 0.1) is 5.92 Å². The molecule has 1 aliphatic rings. The third kappa shape index (κ3) is 8.75. The maximum Gasteiger partial charge on any atom is 0.308 e. The van der Waals surface area contributed by atoms with Gasteiger partial charge in [0.2, 0.25) is 0 Å². The molecule has 2 heterocycles. The van der Waals surface area contributed by atoms with E-state index in [0.717, 1.165) is 40.7 Å². The molecule has 1 aromatic heterocycles. The van der Waals surface area contributed by atoms with Gasteiger partial charge in [-0.25, -0.2) is 0 Å². The predicted molar refractivity (Wildman–Crippen MR) is 199 cm³/mol. The van der Waals surface area contributed by atoms with E-state index >= 15 is 0 Å². The number of hydrogen-bond acceptors (Lipinski definition) is 16. The van der Waals surface area contributed by atoms with Crippen molar-refractivity contribution in [1.82, 2.24) is 0 Å². The monoisotopic (exact) mass is 792 g/mol. The van der Waals surface area contributed by atoms with E-state index in [-0.39, 0.29) is 73.7 Å². The lowest BCUT2D eigenvalue weighted by Crippen LogP contribution is -2.31. The number of Topliss-reactive ketones (excluding diaryl/α,β-unsaturated/α-hetero) is 1. The van der Waals surface area contributed by atoms with Crippen LogP contribution in [0, 0.1) is 0 Å². The number of ether oxygens (including phenoxy) is 7. The Bertz CT molecular complexity index is 2620. The van der Waals surface area contributed by atoms with Gasteiger partial charge in [0.25, 0.3) is 0 Å². The number of rotatable bonds is 9. The second kappa shape index (κ2) is 16.2. The van der Waals surface area contributed by atoms with E-state index in [0.29, 0.717) is 5.56 Å². The van der Waals surface area contributed by atoms with Crippen molar-refractivity contribution in [1.29, 1.82) is 0 Å². The highest BCUT2D eigenvalue weighted by molar-refractivity contribution is 6.08. The Morgan fingerprint density at radius 3 is 1.67 bits per heavy atom. The first kappa shape index (κ1) is 40.1. The molecule has 2 atom stereocenters. The van der Waals surface area contributed by atoms with Gasteiger partial charge in [-0.3, -0.25) is 38.4 Å². The Morgan fingerprint density at radius 1 is 0.534 bits per heavy atom. The maximum absolute atomic E-state index is 15.0. The lowest BCUT2D eigenvalue weighted by atomic mass is 9.79. The molecular weight excluding hydrogens is 760 g/mol. The van der Waals surface area contributed by atoms with Gasteiger partial charge in [-0.2, -0.15) is 0 Å². The smallest absolute Gasteiger partial charge is 0.308 e. The zero-order chi connectivity index (χ0) is 42.0. The van der Waals surface area contributed by atoms with Crippen molar-refractivity contribution in [3.8, 4) is 51.6 Å². The Hall–Kier alpha value is -7.62. The number of esters is 6. The summed E-state index contributed by atoms with van der Waals surface area (Å²) in [7, 11) is 0. The molecule has 58 heavy (non-hydrogen) atoms. The van der Waals surface area contributed by atoms with Gasteiger partial charge in [-0.1, -0.05) is 12.1 Å². The third-order valence-electron chi connectivity index (χ3n) is 8.28. The lowest BCUT2D eigenvalue weighted by Gasteiger charge is -2.34. The number of carbonyl (C=O) groups is 7. The van der Waals surface area contributed by atoms with Gasteiger partial charge in [-0.15, -0.1) is 0 Å². The van der Waals surface area contributed by atoms with E-state index < -0.39 is 59.0 Å². The Balaban J connectivity index is 1.59. The minimum absolute atomic E-state index is 0.0484. The fraction of sp³-hybridized carbons (Fsp3) is 0.190. The van der Waals surface area contributed by atoms with Gasteiger partial charge < -0.3 is 37.6 Å². The minimum atomic E-state index is -1.39. The molecule has 0 fully saturated rings. The van der Waals surface area contributed by atoms with Crippen LogP contribution >= 0.6 is 0 Å². The second-order valence-corrected chi connectivity index (χ2v) is 12.8. The molecule has 0 saturated carbocycles. The third-order valence-corrected chi connectivity index (χ3v) is 8.28. The van der Waals surface area contributed by atoms with Crippen LogP contribution in [0.5, 0.6) is 40.2 Å². The van der Waals surface area contributed by atoms with Crippen LogP contribution in [0.1, 0.15) is 75.0 Å². The fourth-order valence-corrected chi connectivity index (χ4v) is 6.34. The van der Waals surface area contributed by atoms with Crippen molar-refractivity contribution in [2.24, 2.45) is 0 Å². The van der Waals surface area contributed by atoms with Crippen molar-refractivity contribution >= 4 is 52.6 Å². The summed E-state index contributed by atoms with van der Waals surface area (Å²) in [5.41, 5.74) is -0.402. The Labute approximate surface area is 328 Å². The SMILES string of the molecule is CC(=O)Oc1ccc(C2Oc3cc(OC(C)=O)cc(OC(C)=O)c3C(=O)C2c2cc(-c3cc(=O)c4c(OC(C)=O)cc(OC(C)=O)cc4o3)ccc2OC(C)=O)cc1. The number of ketones is 1. The van der Waals surface area contributed by atoms with Crippen molar-refractivity contribution < 1.29 is 71.1 Å². The number of hydrogen-bond donors (Lipinski definition) is 0. The van der Waals surface area contributed by atoms with Gasteiger partial charge in [0.1, 0.15) is 68.6 Å². The molecule has 0 N–H and O–H groups in total. The molecule has 6 rings (SSSR count). The molecule has 16 nitrogen and oxygen atoms in total. The highest BCUT2D eigenvalue weighted by atomic mass is 16.6. The van der Waals surface area contributed by atoms with Gasteiger partial charge >= 0.3 is 35.8 Å². The van der Waals surface area contributed by atoms with Crippen LogP contribution in [0.25, 0.3) is 22.3 Å². The first-order valence-electron chi connectivity index (χ1n) is 17.3. The summed E-state index contributed by atoms with van der Waals surface area (Å²) in [6, 6.07) is 16.3. The van der Waals surface area contributed by atoms with Crippen LogP contribution in [0.2, 0.25) is 0 Å². The number of fused-ring (bicyclic) bond motifs is 2. The lowest BCUT2D eigenvalue weighted by molar-refractivity contribution is -0.133. The molecule has 16 heteroatoms. The first-order valence-corrected chi connectivity index (χ1v) is 17.3. The Morgan fingerprint density at radius 2 is 1.07 bits per heavy atom. The summed E-state index contributed by atoms with van der Waals surface area (Å²) in [6.07, 6.45) is -1.24. The van der Waals surface area contributed by atoms with Gasteiger partial charge in [-0.05, 0) is 35.9 Å². The molecule has 5 aromatic rings. The maximum atomic E-state index is 15.0. The second-order valence-electron chi connectivity index (χ2n) is 12.8. The summed E-state index contributed by atoms with van der Waals surface area (Å²) < 4.78 is 44.5. The summed E-state index contributed by atoms with van der Waals surface area (Å²) in [6.45, 7) is 6.91. The van der Waals surface area contributed by atoms with E-state index in [1.54, 1.807) is 0 Å². The zero-order valence-electron chi connectivity index (χ0n) is 31.6. The van der Waals surface area contributed by atoms with Crippen LogP contribution in [0.15, 0.2) is 82.0 Å². The van der Waals surface area contributed by atoms with Crippen molar-refractivity contribution in [2.45, 2.75) is 53.6 Å². The summed E-state index contributed by atoms with van der Waals surface area (Å²) in [5, 5.41) is -0.137. The molecule has 0 saturated heterocycles. The molecule has 2 unspecified atom stereocenters. The summed E-state index contributed by atoms with van der Waals surface area (Å²) in [4.78, 5) is 101. The van der Waals surface area contributed by atoms with Gasteiger partial charge in [0, 0.05) is 83.0 Å². The van der Waals surface area contributed by atoms with E-state index in [1.807, 2.05) is 0 Å². The van der Waals surface area contributed by atoms with E-state index in [1.165, 1.54) is 73.7 Å². The minimum Gasteiger partial charge on any atom is -0.484 e. The average molecular weight is 793 g/mol. The molecular formula is C42H32O16. The van der Waals surface area contributed by atoms with E-state index in [2.05, 4.69) is 0 Å². The predicted octanol–water partition coefficient (Wildman–Crippen LogP) is 6.11. The van der Waals surface area contributed by atoms with Crippen molar-refractivity contribution in [2.75, 3.05) is 0 Å². The molecule has 0 bridgehead atoms. The largest absolute Gasteiger partial charge is 0.484 e. The molecule has 1 aliphatic heterocycles. The zero-order valence-corrected chi connectivity index (χ0v) is 31.6. The van der Waals surface area contributed by atoms with Crippen molar-refractivity contribution in [3.05, 3.63) is 99.7 Å². The van der Waals surface area contributed by atoms with Crippen molar-refractivity contribution in [3.63, 3.8) is 0 Å². The van der Waals surface area contributed by atoms with E-state index in [9.17, 15) is 38.4 Å². The number of carbonyl (C=O) groups excluding carboxylic acids is 7. The molecule has 4 aromatic carbocycles. The normalized spacial score (nSPS) is 14.3. The summed E-state index contributed by atoms with van der Waals surface area (Å²) >= 11 is 0. The molecule has 0 spiro atoms. The Kier molecular flexibility index (Phi) is 11.2. The molecule has 0 aliphatic carbocycles. The van der Waals surface area contributed by atoms with Crippen LogP contribution < -0.4 is 38.6 Å². The van der Waals surface area contributed by atoms with Crippen LogP contribution in [-0.2, 0) is 28.8 Å². The summed E-state index contributed by atoms with van der Waals surface area (Å²) in [5.74, 6) is -7.18. The van der Waals surface area contributed by atoms with Crippen LogP contribution in [0.4, 0.5) is 0 Å². The highest BCUT2D eigenvalue weighted by Crippen LogP contribution is 2.51. The standard InChI is InChI=1S/C42H32O16/c1-19(43)51-27-10-7-25(8-11-27)42-38(41(50)40-36(56-24(6)48)16-29(53-21(3)45)17-37(40)58-42)30-13-26(9-12-32(30)54-22(4)46)33-18-31(49)39-34(55-23(5)47)14-28(52-20(2)44)15-35(39)57-33/h7-18,38,42H,1-6H3. The van der Waals surface area contributed by atoms with Gasteiger partial charge in [0.15, 0.2) is 11.2 Å². The highest BCUT2D eigenvalue weighted by Gasteiger charge is 2.44.